The number of amides is 1. The van der Waals surface area contributed by atoms with Crippen LogP contribution in [0.5, 0.6) is 0 Å². The number of rotatable bonds is 4. The number of carbonyl (C=O) groups excluding carboxylic acids is 1. The van der Waals surface area contributed by atoms with Gasteiger partial charge >= 0.3 is 18.4 Å². The third kappa shape index (κ3) is 4.77. The van der Waals surface area contributed by atoms with Crippen LogP contribution >= 0.6 is 15.9 Å². The maximum absolute atomic E-state index is 13.2. The Bertz CT molecular complexity index is 1070. The van der Waals surface area contributed by atoms with Crippen LogP contribution in [-0.4, -0.2) is 46.3 Å². The monoisotopic (exact) mass is 556 g/mol. The van der Waals surface area contributed by atoms with Crippen molar-refractivity contribution in [3.05, 3.63) is 51.3 Å². The minimum Gasteiger partial charge on any atom is -0.439 e. The fraction of sp³-hybridized carbons (Fsp3) is 0.450. The fourth-order valence-corrected chi connectivity index (χ4v) is 4.02. The highest BCUT2D eigenvalue weighted by Crippen LogP contribution is 2.41. The van der Waals surface area contributed by atoms with E-state index in [4.69, 9.17) is 4.74 Å². The molecule has 3 heterocycles. The molecule has 2 aliphatic heterocycles. The Morgan fingerprint density at radius 1 is 1.09 bits per heavy atom. The maximum Gasteiger partial charge on any atom is 0.416 e. The first-order chi connectivity index (χ1) is 15.7. The van der Waals surface area contributed by atoms with E-state index in [2.05, 4.69) is 25.9 Å². The maximum atomic E-state index is 13.2. The van der Waals surface area contributed by atoms with Crippen molar-refractivity contribution in [2.75, 3.05) is 18.0 Å². The van der Waals surface area contributed by atoms with Crippen molar-refractivity contribution in [1.29, 1.82) is 0 Å². The second-order valence-electron chi connectivity index (χ2n) is 7.98. The zero-order chi connectivity index (χ0) is 25.0. The van der Waals surface area contributed by atoms with E-state index in [1.807, 2.05) is 0 Å². The molecule has 0 saturated carbocycles. The number of hydrogen-bond acceptors (Lipinski definition) is 5. The zero-order valence-corrected chi connectivity index (χ0v) is 18.9. The van der Waals surface area contributed by atoms with Crippen molar-refractivity contribution in [3.8, 4) is 0 Å². The third-order valence-electron chi connectivity index (χ3n) is 5.57. The van der Waals surface area contributed by atoms with Gasteiger partial charge in [-0.3, -0.25) is 4.90 Å². The molecule has 2 fully saturated rings. The van der Waals surface area contributed by atoms with Crippen LogP contribution in [0.2, 0.25) is 0 Å². The van der Waals surface area contributed by atoms with Crippen LogP contribution in [0.3, 0.4) is 0 Å². The first-order valence-electron chi connectivity index (χ1n) is 9.91. The molecule has 2 atom stereocenters. The molecule has 184 valence electrons. The van der Waals surface area contributed by atoms with Crippen molar-refractivity contribution in [2.24, 2.45) is 0 Å². The summed E-state index contributed by atoms with van der Waals surface area (Å²) in [5.41, 5.74) is -3.11. The van der Waals surface area contributed by atoms with Gasteiger partial charge in [0.1, 0.15) is 12.3 Å². The molecule has 0 radical (unpaired) electrons. The van der Waals surface area contributed by atoms with Crippen LogP contribution in [0.1, 0.15) is 35.4 Å². The van der Waals surface area contributed by atoms with Gasteiger partial charge in [-0.2, -0.15) is 26.3 Å². The molecule has 1 aromatic heterocycles. The van der Waals surface area contributed by atoms with E-state index in [1.165, 1.54) is 13.1 Å². The minimum atomic E-state index is -5.03. The normalized spacial score (nSPS) is 21.6. The molecule has 4 rings (SSSR count). The third-order valence-corrected chi connectivity index (χ3v) is 6.24. The summed E-state index contributed by atoms with van der Waals surface area (Å²) < 4.78 is 98.2. The molecule has 34 heavy (non-hydrogen) atoms. The van der Waals surface area contributed by atoms with Gasteiger partial charge in [0.25, 0.3) is 0 Å². The molecule has 0 bridgehead atoms. The van der Waals surface area contributed by atoms with Crippen molar-refractivity contribution < 1.29 is 40.3 Å². The van der Waals surface area contributed by atoms with Crippen LogP contribution in [0.25, 0.3) is 0 Å². The van der Waals surface area contributed by atoms with Gasteiger partial charge in [0.2, 0.25) is 5.95 Å². The SMILES string of the molecule is CC1C(c2cc(C(F)(F)F)cc(C(F)(F)F)c2)OC(=O)N1Cc1nc(N2CC(F)C2)ncc1Br. The number of ether oxygens (including phenoxy) is 1. The summed E-state index contributed by atoms with van der Waals surface area (Å²) in [6.07, 6.45) is -11.9. The molecule has 2 saturated heterocycles. The molecule has 2 aromatic rings. The predicted molar refractivity (Wildman–Crippen MR) is 108 cm³/mol. The van der Waals surface area contributed by atoms with Crippen molar-refractivity contribution in [2.45, 2.75) is 44.1 Å². The first-order valence-corrected chi connectivity index (χ1v) is 10.7. The van der Waals surface area contributed by atoms with Crippen molar-refractivity contribution in [1.82, 2.24) is 14.9 Å². The fourth-order valence-electron chi connectivity index (χ4n) is 3.71. The average Bonchev–Trinajstić information content (AvgIpc) is 3.00. The highest BCUT2D eigenvalue weighted by atomic mass is 79.9. The number of halogens is 8. The molecule has 0 spiro atoms. The van der Waals surface area contributed by atoms with E-state index in [1.54, 1.807) is 4.90 Å². The Kier molecular flexibility index (Phi) is 6.15. The standard InChI is InChI=1S/C20H16BrF7N4O2/c1-9-16(10-2-11(19(23,24)25)4-12(3-10)20(26,27)28)34-18(33)32(9)8-15-14(21)5-29-17(30-15)31-6-13(22)7-31/h2-5,9,13,16H,6-8H2,1H3. The summed E-state index contributed by atoms with van der Waals surface area (Å²) in [7, 11) is 0. The van der Waals surface area contributed by atoms with E-state index in [0.717, 1.165) is 4.90 Å². The highest BCUT2D eigenvalue weighted by Gasteiger charge is 2.43. The lowest BCUT2D eigenvalue weighted by Gasteiger charge is -2.34. The molecule has 1 aromatic carbocycles. The molecule has 2 unspecified atom stereocenters. The lowest BCUT2D eigenvalue weighted by Crippen LogP contribution is -2.49. The number of cyclic esters (lactones) is 1. The molecule has 14 heteroatoms. The van der Waals surface area contributed by atoms with E-state index in [9.17, 15) is 35.5 Å². The molecule has 0 N–H and O–H groups in total. The zero-order valence-electron chi connectivity index (χ0n) is 17.3. The summed E-state index contributed by atoms with van der Waals surface area (Å²) >= 11 is 3.25. The van der Waals surface area contributed by atoms with Crippen LogP contribution in [0.15, 0.2) is 28.9 Å². The summed E-state index contributed by atoms with van der Waals surface area (Å²) in [6, 6.07) is 0.188. The van der Waals surface area contributed by atoms with Gasteiger partial charge in [-0.05, 0) is 46.6 Å². The highest BCUT2D eigenvalue weighted by molar-refractivity contribution is 9.10. The summed E-state index contributed by atoms with van der Waals surface area (Å²) in [5, 5.41) is 0. The van der Waals surface area contributed by atoms with Crippen molar-refractivity contribution >= 4 is 28.0 Å². The van der Waals surface area contributed by atoms with Crippen LogP contribution < -0.4 is 4.90 Å². The largest absolute Gasteiger partial charge is 0.439 e. The smallest absolute Gasteiger partial charge is 0.416 e. The number of aromatic nitrogens is 2. The number of anilines is 1. The Labute approximate surface area is 196 Å². The lowest BCUT2D eigenvalue weighted by molar-refractivity contribution is -0.143. The van der Waals surface area contributed by atoms with E-state index in [0.29, 0.717) is 22.3 Å². The predicted octanol–water partition coefficient (Wildman–Crippen LogP) is 5.52. The Hall–Kier alpha value is -2.64. The topological polar surface area (TPSA) is 58.6 Å². The minimum absolute atomic E-state index is 0.0139. The Morgan fingerprint density at radius 3 is 2.21 bits per heavy atom. The van der Waals surface area contributed by atoms with Gasteiger partial charge in [0.05, 0.1) is 47.0 Å². The summed E-state index contributed by atoms with van der Waals surface area (Å²) in [5.74, 6) is 0.233. The van der Waals surface area contributed by atoms with E-state index >= 15 is 0 Å². The van der Waals surface area contributed by atoms with E-state index < -0.39 is 53.5 Å². The van der Waals surface area contributed by atoms with Gasteiger partial charge in [-0.1, -0.05) is 0 Å². The molecule has 0 aliphatic carbocycles. The number of benzene rings is 1. The number of carbonyl (C=O) groups is 1. The van der Waals surface area contributed by atoms with Gasteiger partial charge in [-0.15, -0.1) is 0 Å². The molecule has 6 nitrogen and oxygen atoms in total. The van der Waals surface area contributed by atoms with Crippen LogP contribution in [0, 0.1) is 0 Å². The molecule has 1 amide bonds. The quantitative estimate of drug-likeness (QED) is 0.464. The van der Waals surface area contributed by atoms with Crippen molar-refractivity contribution in [3.63, 3.8) is 0 Å². The van der Waals surface area contributed by atoms with Gasteiger partial charge in [0, 0.05) is 6.20 Å². The van der Waals surface area contributed by atoms with Gasteiger partial charge in [0.15, 0.2) is 0 Å². The molecular weight excluding hydrogens is 541 g/mol. The molecular formula is C20H16BrF7N4O2. The Balaban J connectivity index is 1.61. The second kappa shape index (κ2) is 8.54. The van der Waals surface area contributed by atoms with Gasteiger partial charge < -0.3 is 9.64 Å². The Morgan fingerprint density at radius 2 is 1.68 bits per heavy atom. The first kappa shape index (κ1) is 24.5. The number of nitrogens with zero attached hydrogens (tertiary/aromatic N) is 4. The summed E-state index contributed by atoms with van der Waals surface area (Å²) in [4.78, 5) is 23.6. The number of alkyl halides is 7. The second-order valence-corrected chi connectivity index (χ2v) is 8.83. The van der Waals surface area contributed by atoms with E-state index in [-0.39, 0.29) is 31.6 Å². The molecule has 2 aliphatic rings. The summed E-state index contributed by atoms with van der Waals surface area (Å²) in [6.45, 7) is 1.51. The van der Waals surface area contributed by atoms with Crippen LogP contribution in [-0.2, 0) is 23.6 Å². The average molecular weight is 557 g/mol. The van der Waals surface area contributed by atoms with Gasteiger partial charge in [-0.25, -0.2) is 19.2 Å². The lowest BCUT2D eigenvalue weighted by atomic mass is 9.97. The van der Waals surface area contributed by atoms with Crippen LogP contribution in [0.4, 0.5) is 41.5 Å². The number of hydrogen-bond donors (Lipinski definition) is 0.